The molecule has 0 unspecified atom stereocenters. The van der Waals surface area contributed by atoms with E-state index in [1.807, 2.05) is 25.1 Å². The van der Waals surface area contributed by atoms with Crippen LogP contribution in [0, 0.1) is 12.3 Å². The van der Waals surface area contributed by atoms with Gasteiger partial charge in [-0.2, -0.15) is 0 Å². The number of nitrogens with zero attached hydrogens (tertiary/aromatic N) is 3. The molecule has 0 aliphatic heterocycles. The molecule has 0 aliphatic rings. The van der Waals surface area contributed by atoms with Crippen LogP contribution < -0.4 is 5.32 Å². The Balaban J connectivity index is 0.000000357. The van der Waals surface area contributed by atoms with Crippen LogP contribution in [0.1, 0.15) is 30.5 Å². The van der Waals surface area contributed by atoms with Gasteiger partial charge in [0, 0.05) is 30.6 Å². The van der Waals surface area contributed by atoms with Crippen molar-refractivity contribution in [2.45, 2.75) is 26.4 Å². The minimum absolute atomic E-state index is 0.224. The number of hydrogen-bond acceptors (Lipinski definition) is 7. The van der Waals surface area contributed by atoms with Gasteiger partial charge in [0.05, 0.1) is 18.1 Å². The van der Waals surface area contributed by atoms with E-state index in [-0.39, 0.29) is 5.71 Å². The van der Waals surface area contributed by atoms with Gasteiger partial charge in [0.25, 0.3) is 0 Å². The summed E-state index contributed by atoms with van der Waals surface area (Å²) < 4.78 is 0. The summed E-state index contributed by atoms with van der Waals surface area (Å²) in [7, 11) is 1.76. The van der Waals surface area contributed by atoms with E-state index in [0.717, 1.165) is 16.7 Å². The van der Waals surface area contributed by atoms with Crippen molar-refractivity contribution < 1.29 is 9.90 Å². The first-order valence-electron chi connectivity index (χ1n) is 9.66. The monoisotopic (exact) mass is 417 g/mol. The van der Waals surface area contributed by atoms with E-state index in [9.17, 15) is 9.90 Å². The fourth-order valence-corrected chi connectivity index (χ4v) is 2.59. The van der Waals surface area contributed by atoms with Gasteiger partial charge in [-0.25, -0.2) is 4.98 Å². The largest absolute Gasteiger partial charge is 0.382 e. The normalized spacial score (nSPS) is 10.5. The van der Waals surface area contributed by atoms with Crippen LogP contribution >= 0.6 is 0 Å². The van der Waals surface area contributed by atoms with Gasteiger partial charge >= 0.3 is 0 Å². The third kappa shape index (κ3) is 6.38. The molecule has 2 heterocycles. The number of anilines is 1. The van der Waals surface area contributed by atoms with Crippen molar-refractivity contribution in [1.29, 1.82) is 5.41 Å². The lowest BCUT2D eigenvalue weighted by atomic mass is 9.93. The molecule has 0 saturated heterocycles. The van der Waals surface area contributed by atoms with E-state index >= 15 is 0 Å². The lowest BCUT2D eigenvalue weighted by Gasteiger charge is -2.17. The molecule has 0 radical (unpaired) electrons. The second-order valence-corrected chi connectivity index (χ2v) is 7.31. The van der Waals surface area contributed by atoms with Crippen molar-refractivity contribution in [3.8, 4) is 11.3 Å². The summed E-state index contributed by atoms with van der Waals surface area (Å²) in [6, 6.07) is 9.06. The lowest BCUT2D eigenvalue weighted by molar-refractivity contribution is -0.126. The number of aryl methyl sites for hydroxylation is 1. The molecule has 0 spiro atoms. The van der Waals surface area contributed by atoms with Crippen molar-refractivity contribution in [2.75, 3.05) is 12.4 Å². The molecule has 1 aromatic carbocycles. The topological polar surface area (TPSA) is 112 Å². The highest BCUT2D eigenvalue weighted by atomic mass is 16.3. The zero-order chi connectivity index (χ0) is 23.0. The number of nitrogens with one attached hydrogen (secondary N) is 2. The summed E-state index contributed by atoms with van der Waals surface area (Å²) in [5.41, 5.74) is 2.17. The standard InChI is InChI=1S/C17H20N4O2.C7H7N/c1-10-5-6-11(15(18)16(22)17(2,3)23)7-12(10)13-8-21-14(19-4)9-20-13;1-2-7-3-5-8-6-4-7/h5-9,18,23H,1-4H3,(H,19,21);2-6H,1H2. The number of aromatic nitrogens is 3. The Kier molecular flexibility index (Phi) is 7.88. The number of carbonyl (C=O) groups excluding carboxylic acids is 1. The molecular weight excluding hydrogens is 390 g/mol. The smallest absolute Gasteiger partial charge is 0.211 e. The van der Waals surface area contributed by atoms with E-state index in [2.05, 4.69) is 26.8 Å². The average Bonchev–Trinajstić information content (AvgIpc) is 2.79. The van der Waals surface area contributed by atoms with Gasteiger partial charge in [0.2, 0.25) is 5.78 Å². The van der Waals surface area contributed by atoms with Gasteiger partial charge in [-0.1, -0.05) is 24.8 Å². The van der Waals surface area contributed by atoms with Crippen molar-refractivity contribution in [2.24, 2.45) is 0 Å². The summed E-state index contributed by atoms with van der Waals surface area (Å²) in [6.45, 7) is 8.28. The maximum Gasteiger partial charge on any atom is 0.211 e. The van der Waals surface area contributed by atoms with E-state index in [1.54, 1.807) is 50.0 Å². The Bertz CT molecular complexity index is 1060. The van der Waals surface area contributed by atoms with Gasteiger partial charge in [-0.05, 0) is 50.1 Å². The number of benzene rings is 1. The van der Waals surface area contributed by atoms with Crippen LogP contribution in [-0.4, -0.2) is 44.2 Å². The number of pyridine rings is 1. The van der Waals surface area contributed by atoms with Crippen molar-refractivity contribution in [1.82, 2.24) is 15.0 Å². The van der Waals surface area contributed by atoms with Crippen LogP contribution in [0.2, 0.25) is 0 Å². The quantitative estimate of drug-likeness (QED) is 0.524. The van der Waals surface area contributed by atoms with Gasteiger partial charge in [0.15, 0.2) is 0 Å². The Morgan fingerprint density at radius 2 is 1.84 bits per heavy atom. The molecule has 7 heteroatoms. The number of rotatable bonds is 6. The Labute approximate surface area is 182 Å². The molecule has 3 aromatic rings. The fraction of sp³-hybridized carbons (Fsp3) is 0.208. The minimum Gasteiger partial charge on any atom is -0.382 e. The summed E-state index contributed by atoms with van der Waals surface area (Å²) >= 11 is 0. The predicted molar refractivity (Wildman–Crippen MR) is 124 cm³/mol. The molecule has 0 bridgehead atoms. The molecule has 0 atom stereocenters. The molecule has 0 aliphatic carbocycles. The van der Waals surface area contributed by atoms with Crippen molar-refractivity contribution >= 4 is 23.4 Å². The van der Waals surface area contributed by atoms with Crippen molar-refractivity contribution in [3.63, 3.8) is 0 Å². The van der Waals surface area contributed by atoms with Gasteiger partial charge in [-0.15, -0.1) is 0 Å². The second-order valence-electron chi connectivity index (χ2n) is 7.31. The maximum absolute atomic E-state index is 12.1. The molecule has 7 nitrogen and oxygen atoms in total. The highest BCUT2D eigenvalue weighted by molar-refractivity contribution is 6.47. The Hall–Kier alpha value is -3.71. The molecule has 31 heavy (non-hydrogen) atoms. The number of aliphatic hydroxyl groups is 1. The fourth-order valence-electron chi connectivity index (χ4n) is 2.59. The highest BCUT2D eigenvalue weighted by Gasteiger charge is 2.28. The second kappa shape index (κ2) is 10.4. The Morgan fingerprint density at radius 3 is 2.32 bits per heavy atom. The first-order valence-corrected chi connectivity index (χ1v) is 9.66. The van der Waals surface area contributed by atoms with E-state index in [0.29, 0.717) is 17.1 Å². The predicted octanol–water partition coefficient (Wildman–Crippen LogP) is 3.93. The van der Waals surface area contributed by atoms with Crippen LogP contribution in [0.25, 0.3) is 17.3 Å². The first kappa shape index (κ1) is 23.6. The van der Waals surface area contributed by atoms with E-state index in [1.165, 1.54) is 13.8 Å². The van der Waals surface area contributed by atoms with Crippen LogP contribution in [0.5, 0.6) is 0 Å². The van der Waals surface area contributed by atoms with Gasteiger partial charge in [0.1, 0.15) is 17.1 Å². The molecule has 0 amide bonds. The average molecular weight is 418 g/mol. The summed E-state index contributed by atoms with van der Waals surface area (Å²) in [4.78, 5) is 24.5. The van der Waals surface area contributed by atoms with E-state index < -0.39 is 11.4 Å². The molecule has 2 aromatic heterocycles. The third-order valence-corrected chi connectivity index (χ3v) is 4.43. The highest BCUT2D eigenvalue weighted by Crippen LogP contribution is 2.24. The van der Waals surface area contributed by atoms with Crippen LogP contribution in [0.15, 0.2) is 61.7 Å². The zero-order valence-corrected chi connectivity index (χ0v) is 18.2. The maximum atomic E-state index is 12.1. The van der Waals surface area contributed by atoms with Crippen LogP contribution in [-0.2, 0) is 4.79 Å². The lowest BCUT2D eigenvalue weighted by Crippen LogP contribution is -2.37. The molecule has 3 N–H and O–H groups in total. The van der Waals surface area contributed by atoms with Crippen LogP contribution in [0.3, 0.4) is 0 Å². The van der Waals surface area contributed by atoms with E-state index in [4.69, 9.17) is 5.41 Å². The SMILES string of the molecule is C=Cc1ccncc1.CNc1cnc(-c2cc(C(=N)C(=O)C(C)(C)O)ccc2C)cn1. The van der Waals surface area contributed by atoms with Gasteiger partial charge in [-0.3, -0.25) is 20.2 Å². The third-order valence-electron chi connectivity index (χ3n) is 4.43. The summed E-state index contributed by atoms with van der Waals surface area (Å²) in [6.07, 6.45) is 8.55. The number of ketones is 1. The molecule has 160 valence electrons. The van der Waals surface area contributed by atoms with Crippen molar-refractivity contribution in [3.05, 3.63) is 78.4 Å². The Morgan fingerprint density at radius 1 is 1.16 bits per heavy atom. The zero-order valence-electron chi connectivity index (χ0n) is 18.2. The number of Topliss-reactive ketones (excluding diaryl/α,β-unsaturated/α-hetero) is 1. The molecular formula is C24H27N5O2. The summed E-state index contributed by atoms with van der Waals surface area (Å²) in [5, 5.41) is 20.7. The molecule has 3 rings (SSSR count). The van der Waals surface area contributed by atoms with Crippen LogP contribution in [0.4, 0.5) is 5.82 Å². The molecule has 0 saturated carbocycles. The summed E-state index contributed by atoms with van der Waals surface area (Å²) in [5.74, 6) is 0.0384. The number of carbonyl (C=O) groups is 1. The molecule has 0 fully saturated rings. The first-order chi connectivity index (χ1) is 14.7. The van der Waals surface area contributed by atoms with Gasteiger partial charge < -0.3 is 10.4 Å². The minimum atomic E-state index is -1.57. The number of hydrogen-bond donors (Lipinski definition) is 3.